The zero-order chi connectivity index (χ0) is 13.7. The number of halogens is 1. The fourth-order valence-corrected chi connectivity index (χ4v) is 3.91. The first kappa shape index (κ1) is 15.0. The third-order valence-electron chi connectivity index (χ3n) is 4.03. The lowest BCUT2D eigenvalue weighted by Crippen LogP contribution is -2.39. The average Bonchev–Trinajstić information content (AvgIpc) is 2.44. The van der Waals surface area contributed by atoms with Crippen molar-refractivity contribution in [1.29, 1.82) is 0 Å². The van der Waals surface area contributed by atoms with E-state index in [1.807, 2.05) is 23.9 Å². The highest BCUT2D eigenvalue weighted by molar-refractivity contribution is 8.00. The maximum atomic E-state index is 9.88. The molecule has 2 rings (SSSR count). The van der Waals surface area contributed by atoms with E-state index in [0.717, 1.165) is 12.1 Å². The van der Waals surface area contributed by atoms with Crippen LogP contribution in [0.3, 0.4) is 0 Å². The van der Waals surface area contributed by atoms with Gasteiger partial charge in [-0.2, -0.15) is 11.8 Å². The van der Waals surface area contributed by atoms with E-state index in [9.17, 15) is 5.11 Å². The molecule has 0 amide bonds. The van der Waals surface area contributed by atoms with Gasteiger partial charge in [0.05, 0.1) is 5.02 Å². The molecule has 0 spiro atoms. The third-order valence-corrected chi connectivity index (χ3v) is 5.75. The number of benzene rings is 1. The molecule has 0 atom stereocenters. The Morgan fingerprint density at radius 1 is 1.32 bits per heavy atom. The molecule has 2 N–H and O–H groups in total. The predicted octanol–water partition coefficient (Wildman–Crippen LogP) is 4.20. The van der Waals surface area contributed by atoms with E-state index in [1.54, 1.807) is 6.07 Å². The first-order chi connectivity index (χ1) is 9.17. The number of hydrogen-bond donors (Lipinski definition) is 2. The molecular formula is C15H22ClNOS. The van der Waals surface area contributed by atoms with Gasteiger partial charge in [-0.1, -0.05) is 43.0 Å². The zero-order valence-electron chi connectivity index (χ0n) is 11.4. The van der Waals surface area contributed by atoms with Crippen LogP contribution in [-0.2, 0) is 6.54 Å². The predicted molar refractivity (Wildman–Crippen MR) is 84.2 cm³/mol. The second kappa shape index (κ2) is 6.87. The molecule has 2 nitrogen and oxygen atoms in total. The van der Waals surface area contributed by atoms with Gasteiger partial charge in [0.25, 0.3) is 0 Å². The lowest BCUT2D eigenvalue weighted by Gasteiger charge is -2.36. The highest BCUT2D eigenvalue weighted by Gasteiger charge is 2.30. The molecule has 19 heavy (non-hydrogen) atoms. The van der Waals surface area contributed by atoms with Gasteiger partial charge in [0.2, 0.25) is 0 Å². The minimum absolute atomic E-state index is 0.207. The number of nitrogens with one attached hydrogen (secondary N) is 1. The molecule has 106 valence electrons. The molecule has 4 heteroatoms. The van der Waals surface area contributed by atoms with Crippen LogP contribution in [0.25, 0.3) is 0 Å². The van der Waals surface area contributed by atoms with Crippen LogP contribution in [0.4, 0.5) is 0 Å². The number of thioether (sulfide) groups is 1. The topological polar surface area (TPSA) is 32.3 Å². The van der Waals surface area contributed by atoms with Gasteiger partial charge >= 0.3 is 0 Å². The smallest absolute Gasteiger partial charge is 0.138 e. The summed E-state index contributed by atoms with van der Waals surface area (Å²) in [5.41, 5.74) is 0.875. The van der Waals surface area contributed by atoms with E-state index in [0.29, 0.717) is 16.3 Å². The lowest BCUT2D eigenvalue weighted by molar-refractivity contribution is 0.377. The summed E-state index contributed by atoms with van der Waals surface area (Å²) in [6.07, 6.45) is 8.85. The van der Waals surface area contributed by atoms with Crippen LogP contribution in [0.2, 0.25) is 5.02 Å². The largest absolute Gasteiger partial charge is 0.506 e. The molecule has 1 fully saturated rings. The van der Waals surface area contributed by atoms with E-state index in [-0.39, 0.29) is 5.75 Å². The standard InChI is InChI=1S/C15H22ClNOS/c1-19-15(8-3-2-4-9-15)11-17-10-12-6-5-7-13(16)14(12)18/h5-7,17-18H,2-4,8-11H2,1H3. The molecule has 0 unspecified atom stereocenters. The van der Waals surface area contributed by atoms with Gasteiger partial charge in [-0.3, -0.25) is 0 Å². The van der Waals surface area contributed by atoms with Crippen LogP contribution in [0.1, 0.15) is 37.7 Å². The first-order valence-corrected chi connectivity index (χ1v) is 8.49. The number of phenols is 1. The van der Waals surface area contributed by atoms with Gasteiger partial charge in [0, 0.05) is 23.4 Å². The highest BCUT2D eigenvalue weighted by Crippen LogP contribution is 2.38. The summed E-state index contributed by atoms with van der Waals surface area (Å²) in [5, 5.41) is 13.8. The van der Waals surface area contributed by atoms with Gasteiger partial charge in [-0.05, 0) is 25.2 Å². The first-order valence-electron chi connectivity index (χ1n) is 6.89. The van der Waals surface area contributed by atoms with Crippen molar-refractivity contribution in [3.63, 3.8) is 0 Å². The molecule has 0 radical (unpaired) electrons. The van der Waals surface area contributed by atoms with Crippen LogP contribution < -0.4 is 5.32 Å². The average molecular weight is 300 g/mol. The van der Waals surface area contributed by atoms with E-state index < -0.39 is 0 Å². The Hall–Kier alpha value is -0.380. The van der Waals surface area contributed by atoms with Gasteiger partial charge in [-0.15, -0.1) is 0 Å². The molecule has 1 aliphatic carbocycles. The van der Waals surface area contributed by atoms with Gasteiger partial charge in [-0.25, -0.2) is 0 Å². The molecule has 1 saturated carbocycles. The summed E-state index contributed by atoms with van der Waals surface area (Å²) >= 11 is 7.90. The van der Waals surface area contributed by atoms with Crippen molar-refractivity contribution in [2.45, 2.75) is 43.4 Å². The summed E-state index contributed by atoms with van der Waals surface area (Å²) in [4.78, 5) is 0. The molecule has 0 aliphatic heterocycles. The van der Waals surface area contributed by atoms with Crippen LogP contribution in [0.5, 0.6) is 5.75 Å². The van der Waals surface area contributed by atoms with Gasteiger partial charge in [0.1, 0.15) is 5.75 Å². The van der Waals surface area contributed by atoms with Crippen molar-refractivity contribution in [2.75, 3.05) is 12.8 Å². The number of hydrogen-bond acceptors (Lipinski definition) is 3. The summed E-state index contributed by atoms with van der Waals surface area (Å²) in [7, 11) is 0. The molecule has 0 heterocycles. The van der Waals surface area contributed by atoms with Crippen molar-refractivity contribution in [3.05, 3.63) is 28.8 Å². The third kappa shape index (κ3) is 3.80. The molecule has 0 bridgehead atoms. The Bertz CT molecular complexity index is 419. The summed E-state index contributed by atoms with van der Waals surface area (Å²) in [5.74, 6) is 0.207. The minimum Gasteiger partial charge on any atom is -0.506 e. The molecule has 0 saturated heterocycles. The lowest BCUT2D eigenvalue weighted by atomic mass is 9.88. The quantitative estimate of drug-likeness (QED) is 0.854. The SMILES string of the molecule is CSC1(CNCc2cccc(Cl)c2O)CCCCC1. The monoisotopic (exact) mass is 299 g/mol. The molecule has 1 aliphatic rings. The van der Waals surface area contributed by atoms with Crippen molar-refractivity contribution in [3.8, 4) is 5.75 Å². The Balaban J connectivity index is 1.90. The molecular weight excluding hydrogens is 278 g/mol. The fourth-order valence-electron chi connectivity index (χ4n) is 2.78. The van der Waals surface area contributed by atoms with Crippen molar-refractivity contribution >= 4 is 23.4 Å². The van der Waals surface area contributed by atoms with Crippen molar-refractivity contribution < 1.29 is 5.11 Å². The van der Waals surface area contributed by atoms with Crippen LogP contribution in [-0.4, -0.2) is 22.7 Å². The molecule has 1 aromatic carbocycles. The normalized spacial score (nSPS) is 18.4. The van der Waals surface area contributed by atoms with Crippen LogP contribution >= 0.6 is 23.4 Å². The highest BCUT2D eigenvalue weighted by atomic mass is 35.5. The van der Waals surface area contributed by atoms with E-state index >= 15 is 0 Å². The number of phenolic OH excluding ortho intramolecular Hbond substituents is 1. The van der Waals surface area contributed by atoms with Crippen LogP contribution in [0.15, 0.2) is 18.2 Å². The number of rotatable bonds is 5. The van der Waals surface area contributed by atoms with Crippen LogP contribution in [0, 0.1) is 0 Å². The Morgan fingerprint density at radius 3 is 2.74 bits per heavy atom. The zero-order valence-corrected chi connectivity index (χ0v) is 13.0. The number of aromatic hydroxyl groups is 1. The summed E-state index contributed by atoms with van der Waals surface area (Å²) < 4.78 is 0.381. The Morgan fingerprint density at radius 2 is 2.05 bits per heavy atom. The van der Waals surface area contributed by atoms with Crippen molar-refractivity contribution in [1.82, 2.24) is 5.32 Å². The Kier molecular flexibility index (Phi) is 5.43. The molecule has 1 aromatic rings. The maximum Gasteiger partial charge on any atom is 0.138 e. The molecule has 0 aromatic heterocycles. The fraction of sp³-hybridized carbons (Fsp3) is 0.600. The Labute approximate surface area is 124 Å². The second-order valence-corrected chi connectivity index (χ2v) is 6.98. The van der Waals surface area contributed by atoms with Gasteiger partial charge in [0.15, 0.2) is 0 Å². The maximum absolute atomic E-state index is 9.88. The van der Waals surface area contributed by atoms with Crippen molar-refractivity contribution in [2.24, 2.45) is 0 Å². The summed E-state index contributed by atoms with van der Waals surface area (Å²) in [6, 6.07) is 5.51. The van der Waals surface area contributed by atoms with Gasteiger partial charge < -0.3 is 10.4 Å². The summed E-state index contributed by atoms with van der Waals surface area (Å²) in [6.45, 7) is 1.68. The second-order valence-electron chi connectivity index (χ2n) is 5.30. The van der Waals surface area contributed by atoms with E-state index in [2.05, 4.69) is 11.6 Å². The van der Waals surface area contributed by atoms with E-state index in [1.165, 1.54) is 32.1 Å². The minimum atomic E-state index is 0.207. The number of para-hydroxylation sites is 1. The van der Waals surface area contributed by atoms with E-state index in [4.69, 9.17) is 11.6 Å².